The van der Waals surface area contributed by atoms with E-state index in [4.69, 9.17) is 16.7 Å². The zero-order chi connectivity index (χ0) is 16.4. The molecule has 3 N–H and O–H groups in total. The molecule has 0 heterocycles. The number of hydrogen-bond acceptors (Lipinski definition) is 4. The summed E-state index contributed by atoms with van der Waals surface area (Å²) in [7, 11) is -3.97. The third-order valence-electron chi connectivity index (χ3n) is 2.85. The van der Waals surface area contributed by atoms with E-state index in [0.29, 0.717) is 0 Å². The second-order valence-corrected chi connectivity index (χ2v) is 7.67. The van der Waals surface area contributed by atoms with Crippen LogP contribution < -0.4 is 4.72 Å². The minimum absolute atomic E-state index is 0.0796. The Kier molecular flexibility index (Phi) is 6.18. The van der Waals surface area contributed by atoms with Gasteiger partial charge in [-0.15, -0.1) is 0 Å². The zero-order valence-corrected chi connectivity index (χ0v) is 14.5. The van der Waals surface area contributed by atoms with E-state index in [9.17, 15) is 18.3 Å². The van der Waals surface area contributed by atoms with Gasteiger partial charge in [-0.25, -0.2) is 17.9 Å². The van der Waals surface area contributed by atoms with Crippen molar-refractivity contribution in [1.82, 2.24) is 4.72 Å². The van der Waals surface area contributed by atoms with Crippen LogP contribution >= 0.6 is 27.5 Å². The van der Waals surface area contributed by atoms with Crippen molar-refractivity contribution < 1.29 is 23.4 Å². The number of aliphatic hydroxyl groups is 1. The van der Waals surface area contributed by atoms with E-state index in [1.807, 2.05) is 0 Å². The molecule has 0 fully saturated rings. The molecular formula is C12H15BrClNO5S. The van der Waals surface area contributed by atoms with E-state index in [1.165, 1.54) is 6.07 Å². The van der Waals surface area contributed by atoms with Crippen LogP contribution in [0.25, 0.3) is 0 Å². The topological polar surface area (TPSA) is 104 Å². The maximum Gasteiger partial charge on any atom is 0.337 e. The van der Waals surface area contributed by atoms with E-state index in [-0.39, 0.29) is 32.5 Å². The minimum Gasteiger partial charge on any atom is -0.478 e. The summed E-state index contributed by atoms with van der Waals surface area (Å²) in [4.78, 5) is 10.8. The van der Waals surface area contributed by atoms with Crippen LogP contribution in [-0.4, -0.2) is 37.2 Å². The van der Waals surface area contributed by atoms with E-state index in [2.05, 4.69) is 20.7 Å². The lowest BCUT2D eigenvalue weighted by molar-refractivity contribution is 0.0696. The maximum absolute atomic E-state index is 12.3. The second kappa shape index (κ2) is 7.06. The predicted octanol–water partition coefficient (Wildman–Crippen LogP) is 2.10. The van der Waals surface area contributed by atoms with E-state index in [0.717, 1.165) is 6.07 Å². The van der Waals surface area contributed by atoms with Crippen LogP contribution in [0.5, 0.6) is 0 Å². The number of hydrogen-bond donors (Lipinski definition) is 3. The quantitative estimate of drug-likeness (QED) is 0.678. The molecule has 0 aromatic heterocycles. The molecule has 1 aromatic rings. The SMILES string of the molecule is CC(C)C(CO)NS(=O)(=O)c1cc(Br)c(Cl)c(C(=O)O)c1. The second-order valence-electron chi connectivity index (χ2n) is 4.73. The smallest absolute Gasteiger partial charge is 0.337 e. The summed E-state index contributed by atoms with van der Waals surface area (Å²) in [6, 6.07) is 1.52. The predicted molar refractivity (Wildman–Crippen MR) is 82.1 cm³/mol. The number of nitrogens with one attached hydrogen (secondary N) is 1. The first kappa shape index (κ1) is 18.4. The molecule has 0 aliphatic carbocycles. The number of sulfonamides is 1. The molecule has 0 bridgehead atoms. The van der Waals surface area contributed by atoms with E-state index < -0.39 is 22.0 Å². The Morgan fingerprint density at radius 1 is 1.43 bits per heavy atom. The molecule has 21 heavy (non-hydrogen) atoms. The lowest BCUT2D eigenvalue weighted by Gasteiger charge is -2.20. The van der Waals surface area contributed by atoms with Crippen molar-refractivity contribution in [1.29, 1.82) is 0 Å². The molecular weight excluding hydrogens is 386 g/mol. The van der Waals surface area contributed by atoms with Gasteiger partial charge in [0, 0.05) is 10.5 Å². The number of aromatic carboxylic acids is 1. The van der Waals surface area contributed by atoms with E-state index in [1.54, 1.807) is 13.8 Å². The van der Waals surface area contributed by atoms with Crippen LogP contribution in [0.4, 0.5) is 0 Å². The summed E-state index contributed by atoms with van der Waals surface area (Å²) in [5, 5.41) is 18.2. The highest BCUT2D eigenvalue weighted by Gasteiger charge is 2.25. The third-order valence-corrected chi connectivity index (χ3v) is 5.58. The molecule has 1 aromatic carbocycles. The summed E-state index contributed by atoms with van der Waals surface area (Å²) >= 11 is 8.84. The van der Waals surface area contributed by atoms with Gasteiger partial charge >= 0.3 is 5.97 Å². The average molecular weight is 401 g/mol. The molecule has 1 atom stereocenters. The Hall–Kier alpha value is -0.670. The van der Waals surface area contributed by atoms with Gasteiger partial charge in [0.05, 0.1) is 22.1 Å². The molecule has 118 valence electrons. The highest BCUT2D eigenvalue weighted by Crippen LogP contribution is 2.30. The van der Waals surface area contributed by atoms with Gasteiger partial charge in [-0.3, -0.25) is 0 Å². The number of benzene rings is 1. The van der Waals surface area contributed by atoms with Gasteiger partial charge in [0.25, 0.3) is 0 Å². The molecule has 1 rings (SSSR count). The zero-order valence-electron chi connectivity index (χ0n) is 11.3. The number of carboxylic acids is 1. The van der Waals surface area contributed by atoms with Crippen molar-refractivity contribution in [2.45, 2.75) is 24.8 Å². The van der Waals surface area contributed by atoms with Crippen molar-refractivity contribution in [2.24, 2.45) is 5.92 Å². The molecule has 6 nitrogen and oxygen atoms in total. The molecule has 9 heteroatoms. The fourth-order valence-corrected chi connectivity index (χ4v) is 3.76. The normalized spacial score (nSPS) is 13.4. The Morgan fingerprint density at radius 2 is 2.00 bits per heavy atom. The summed E-state index contributed by atoms with van der Waals surface area (Å²) in [6.07, 6.45) is 0. The summed E-state index contributed by atoms with van der Waals surface area (Å²) in [5.41, 5.74) is -0.323. The Labute approximate surface area is 136 Å². The molecule has 0 radical (unpaired) electrons. The summed E-state index contributed by atoms with van der Waals surface area (Å²) in [6.45, 7) is 3.14. The first-order valence-corrected chi connectivity index (χ1v) is 8.61. The highest BCUT2D eigenvalue weighted by molar-refractivity contribution is 9.10. The summed E-state index contributed by atoms with van der Waals surface area (Å²) in [5.74, 6) is -1.46. The van der Waals surface area contributed by atoms with Crippen LogP contribution in [0.1, 0.15) is 24.2 Å². The molecule has 0 aliphatic rings. The van der Waals surface area contributed by atoms with Gasteiger partial charge < -0.3 is 10.2 Å². The van der Waals surface area contributed by atoms with Crippen LogP contribution in [0.3, 0.4) is 0 Å². The molecule has 0 saturated heterocycles. The van der Waals surface area contributed by atoms with Gasteiger partial charge in [-0.1, -0.05) is 25.4 Å². The maximum atomic E-state index is 12.3. The first-order chi connectivity index (χ1) is 9.60. The summed E-state index contributed by atoms with van der Waals surface area (Å²) < 4.78 is 27.0. The fourth-order valence-electron chi connectivity index (χ4n) is 1.53. The van der Waals surface area contributed by atoms with Crippen molar-refractivity contribution >= 4 is 43.5 Å². The number of halogens is 2. The van der Waals surface area contributed by atoms with Crippen molar-refractivity contribution in [3.63, 3.8) is 0 Å². The van der Waals surface area contributed by atoms with Crippen molar-refractivity contribution in [3.05, 3.63) is 27.2 Å². The average Bonchev–Trinajstić information content (AvgIpc) is 2.38. The molecule has 0 aliphatic heterocycles. The molecule has 1 unspecified atom stereocenters. The van der Waals surface area contributed by atoms with Gasteiger partial charge in [0.2, 0.25) is 10.0 Å². The molecule has 0 saturated carbocycles. The number of aliphatic hydroxyl groups excluding tert-OH is 1. The van der Waals surface area contributed by atoms with E-state index >= 15 is 0 Å². The van der Waals surface area contributed by atoms with Crippen LogP contribution in [0.2, 0.25) is 5.02 Å². The standard InChI is InChI=1S/C12H15BrClNO5S/c1-6(2)10(5-16)15-21(19,20)7-3-8(12(17)18)11(14)9(13)4-7/h3-4,6,10,15-16H,5H2,1-2H3,(H,17,18). The first-order valence-electron chi connectivity index (χ1n) is 5.95. The number of rotatable bonds is 6. The molecule has 0 amide bonds. The van der Waals surface area contributed by atoms with Gasteiger partial charge in [-0.2, -0.15) is 0 Å². The van der Waals surface area contributed by atoms with Crippen LogP contribution in [0.15, 0.2) is 21.5 Å². The van der Waals surface area contributed by atoms with Crippen LogP contribution in [0, 0.1) is 5.92 Å². The Balaban J connectivity index is 3.29. The monoisotopic (exact) mass is 399 g/mol. The third kappa shape index (κ3) is 4.40. The Morgan fingerprint density at radius 3 is 2.43 bits per heavy atom. The molecule has 0 spiro atoms. The van der Waals surface area contributed by atoms with Crippen molar-refractivity contribution in [3.8, 4) is 0 Å². The fraction of sp³-hybridized carbons (Fsp3) is 0.417. The lowest BCUT2D eigenvalue weighted by Crippen LogP contribution is -2.41. The lowest BCUT2D eigenvalue weighted by atomic mass is 10.1. The van der Waals surface area contributed by atoms with Gasteiger partial charge in [0.1, 0.15) is 0 Å². The van der Waals surface area contributed by atoms with Gasteiger partial charge in [-0.05, 0) is 34.0 Å². The van der Waals surface area contributed by atoms with Crippen molar-refractivity contribution in [2.75, 3.05) is 6.61 Å². The number of carbonyl (C=O) groups is 1. The highest BCUT2D eigenvalue weighted by atomic mass is 79.9. The van der Waals surface area contributed by atoms with Crippen LogP contribution in [-0.2, 0) is 10.0 Å². The minimum atomic E-state index is -3.97. The largest absolute Gasteiger partial charge is 0.478 e. The van der Waals surface area contributed by atoms with Gasteiger partial charge in [0.15, 0.2) is 0 Å². The number of carboxylic acid groups (broad SMARTS) is 1. The Bertz CT molecular complexity index is 647.